The molecule has 3 amide bonds. The van der Waals surface area contributed by atoms with Crippen molar-refractivity contribution in [3.05, 3.63) is 87.6 Å². The Balaban J connectivity index is 1.67. The first-order valence-electron chi connectivity index (χ1n) is 8.72. The molecular formula is C21H19N3O2S. The van der Waals surface area contributed by atoms with E-state index in [1.807, 2.05) is 23.1 Å². The molecule has 3 aromatic rings. The smallest absolute Gasteiger partial charge is 0.316 e. The molecule has 2 aromatic carbocycles. The van der Waals surface area contributed by atoms with E-state index in [2.05, 4.69) is 28.9 Å². The van der Waals surface area contributed by atoms with Crippen LogP contribution in [0.4, 0.5) is 10.5 Å². The molecule has 0 saturated heterocycles. The van der Waals surface area contributed by atoms with Gasteiger partial charge in [-0.1, -0.05) is 30.3 Å². The fraction of sp³-hybridized carbons (Fsp3) is 0.143. The predicted molar refractivity (Wildman–Crippen MR) is 107 cm³/mol. The highest BCUT2D eigenvalue weighted by atomic mass is 32.1. The molecule has 0 radical (unpaired) electrons. The number of hydrogen-bond donors (Lipinski definition) is 2. The highest BCUT2D eigenvalue weighted by Gasteiger charge is 2.33. The van der Waals surface area contributed by atoms with E-state index in [0.717, 1.165) is 12.0 Å². The predicted octanol–water partition coefficient (Wildman–Crippen LogP) is 4.03. The number of carbonyl (C=O) groups excluding carboxylic acids is 2. The normalized spacial score (nSPS) is 15.9. The van der Waals surface area contributed by atoms with Crippen molar-refractivity contribution in [3.63, 3.8) is 0 Å². The number of urea groups is 1. The highest BCUT2D eigenvalue weighted by Crippen LogP contribution is 2.38. The standard InChI is InChI=1S/C21H19N3O2S/c22-21(26)23-16-8-6-15(7-9-16)20(25)24-12-10-18-17(11-13-27-18)19(24)14-4-2-1-3-5-14/h1-9,11,13,19H,10,12H2,(H3,22,23,26)/t19-/m0/s1. The van der Waals surface area contributed by atoms with Gasteiger partial charge in [0.2, 0.25) is 0 Å². The van der Waals surface area contributed by atoms with Gasteiger partial charge in [0.15, 0.2) is 0 Å². The third-order valence-corrected chi connectivity index (χ3v) is 5.74. The summed E-state index contributed by atoms with van der Waals surface area (Å²) in [6.45, 7) is 0.674. The van der Waals surface area contributed by atoms with E-state index in [-0.39, 0.29) is 11.9 Å². The number of carbonyl (C=O) groups is 2. The Morgan fingerprint density at radius 2 is 1.78 bits per heavy atom. The fourth-order valence-electron chi connectivity index (χ4n) is 3.53. The van der Waals surface area contributed by atoms with E-state index >= 15 is 0 Å². The number of benzene rings is 2. The van der Waals surface area contributed by atoms with Crippen LogP contribution in [0, 0.1) is 0 Å². The van der Waals surface area contributed by atoms with Crippen LogP contribution >= 0.6 is 11.3 Å². The minimum Gasteiger partial charge on any atom is -0.351 e. The van der Waals surface area contributed by atoms with Gasteiger partial charge in [0.25, 0.3) is 5.91 Å². The first-order chi connectivity index (χ1) is 13.1. The monoisotopic (exact) mass is 377 g/mol. The van der Waals surface area contributed by atoms with Crippen molar-refractivity contribution >= 4 is 29.0 Å². The zero-order valence-electron chi connectivity index (χ0n) is 14.6. The number of primary amides is 1. The van der Waals surface area contributed by atoms with Gasteiger partial charge >= 0.3 is 6.03 Å². The lowest BCUT2D eigenvalue weighted by Crippen LogP contribution is -2.40. The van der Waals surface area contributed by atoms with Gasteiger partial charge in [0, 0.05) is 22.7 Å². The zero-order valence-corrected chi connectivity index (χ0v) is 15.4. The molecule has 1 aliphatic rings. The van der Waals surface area contributed by atoms with Crippen LogP contribution in [0.2, 0.25) is 0 Å². The number of anilines is 1. The Labute approximate surface area is 161 Å². The summed E-state index contributed by atoms with van der Waals surface area (Å²) in [6.07, 6.45) is 0.864. The number of thiophene rings is 1. The topological polar surface area (TPSA) is 75.4 Å². The molecule has 4 rings (SSSR count). The number of rotatable bonds is 3. The average Bonchev–Trinajstić information content (AvgIpc) is 3.16. The van der Waals surface area contributed by atoms with Gasteiger partial charge in [-0.2, -0.15) is 0 Å². The maximum absolute atomic E-state index is 13.3. The summed E-state index contributed by atoms with van der Waals surface area (Å²) in [7, 11) is 0. The molecule has 0 unspecified atom stereocenters. The van der Waals surface area contributed by atoms with Crippen molar-refractivity contribution in [2.75, 3.05) is 11.9 Å². The van der Waals surface area contributed by atoms with E-state index in [0.29, 0.717) is 17.8 Å². The fourth-order valence-corrected chi connectivity index (χ4v) is 4.44. The largest absolute Gasteiger partial charge is 0.351 e. The summed E-state index contributed by atoms with van der Waals surface area (Å²) in [6, 6.07) is 18.4. The first-order valence-corrected chi connectivity index (χ1v) is 9.60. The Hall–Kier alpha value is -3.12. The Morgan fingerprint density at radius 3 is 2.48 bits per heavy atom. The second-order valence-electron chi connectivity index (χ2n) is 6.43. The molecule has 0 saturated carbocycles. The van der Waals surface area contributed by atoms with Gasteiger partial charge < -0.3 is 16.0 Å². The molecule has 0 bridgehead atoms. The summed E-state index contributed by atoms with van der Waals surface area (Å²) in [5.74, 6) is -0.0219. The van der Waals surface area contributed by atoms with Crippen LogP contribution in [-0.2, 0) is 6.42 Å². The van der Waals surface area contributed by atoms with Crippen LogP contribution in [-0.4, -0.2) is 23.4 Å². The molecule has 1 aliphatic heterocycles. The molecule has 0 aliphatic carbocycles. The second kappa shape index (κ2) is 7.25. The molecule has 6 heteroatoms. The molecule has 0 spiro atoms. The van der Waals surface area contributed by atoms with Crippen molar-refractivity contribution in [2.24, 2.45) is 5.73 Å². The molecule has 1 atom stereocenters. The van der Waals surface area contributed by atoms with Crippen molar-refractivity contribution < 1.29 is 9.59 Å². The molecule has 5 nitrogen and oxygen atoms in total. The summed E-state index contributed by atoms with van der Waals surface area (Å²) in [5, 5.41) is 4.61. The molecule has 2 heterocycles. The minimum atomic E-state index is -0.626. The van der Waals surface area contributed by atoms with Crippen LogP contribution in [0.5, 0.6) is 0 Å². The number of hydrogen-bond acceptors (Lipinski definition) is 3. The summed E-state index contributed by atoms with van der Waals surface area (Å²) in [4.78, 5) is 27.5. The van der Waals surface area contributed by atoms with Gasteiger partial charge in [-0.25, -0.2) is 4.79 Å². The van der Waals surface area contributed by atoms with Crippen LogP contribution in [0.25, 0.3) is 0 Å². The molecule has 1 aromatic heterocycles. The van der Waals surface area contributed by atoms with Gasteiger partial charge in [-0.05, 0) is 53.3 Å². The molecule has 27 heavy (non-hydrogen) atoms. The summed E-state index contributed by atoms with van der Waals surface area (Å²) >= 11 is 1.75. The average molecular weight is 377 g/mol. The third-order valence-electron chi connectivity index (χ3n) is 4.74. The number of amides is 3. The quantitative estimate of drug-likeness (QED) is 0.723. The first kappa shape index (κ1) is 17.3. The molecular weight excluding hydrogens is 358 g/mol. The SMILES string of the molecule is NC(=O)Nc1ccc(C(=O)N2CCc3sccc3[C@@H]2c2ccccc2)cc1. The lowest BCUT2D eigenvalue weighted by atomic mass is 9.92. The number of fused-ring (bicyclic) bond motifs is 1. The molecule has 3 N–H and O–H groups in total. The summed E-state index contributed by atoms with van der Waals surface area (Å²) in [5.41, 5.74) is 8.60. The van der Waals surface area contributed by atoms with Gasteiger partial charge in [0.1, 0.15) is 0 Å². The van der Waals surface area contributed by atoms with Crippen molar-refractivity contribution in [1.29, 1.82) is 0 Å². The Bertz CT molecular complexity index is 967. The molecule has 0 fully saturated rings. The maximum atomic E-state index is 13.3. The third kappa shape index (κ3) is 3.44. The number of nitrogens with two attached hydrogens (primary N) is 1. The van der Waals surface area contributed by atoms with E-state index in [4.69, 9.17) is 5.73 Å². The van der Waals surface area contributed by atoms with Crippen molar-refractivity contribution in [2.45, 2.75) is 12.5 Å². The van der Waals surface area contributed by atoms with E-state index in [1.54, 1.807) is 35.6 Å². The number of nitrogens with zero attached hydrogens (tertiary/aromatic N) is 1. The van der Waals surface area contributed by atoms with Crippen LogP contribution < -0.4 is 11.1 Å². The van der Waals surface area contributed by atoms with E-state index < -0.39 is 6.03 Å². The maximum Gasteiger partial charge on any atom is 0.316 e. The summed E-state index contributed by atoms with van der Waals surface area (Å²) < 4.78 is 0. The van der Waals surface area contributed by atoms with Crippen LogP contribution in [0.15, 0.2) is 66.0 Å². The van der Waals surface area contributed by atoms with E-state index in [1.165, 1.54) is 10.4 Å². The minimum absolute atomic E-state index is 0.0219. The van der Waals surface area contributed by atoms with Gasteiger partial charge in [-0.15, -0.1) is 11.3 Å². The van der Waals surface area contributed by atoms with Crippen LogP contribution in [0.1, 0.15) is 32.4 Å². The van der Waals surface area contributed by atoms with Gasteiger partial charge in [0.05, 0.1) is 6.04 Å². The Kier molecular flexibility index (Phi) is 4.64. The van der Waals surface area contributed by atoms with E-state index in [9.17, 15) is 9.59 Å². The number of nitrogens with one attached hydrogen (secondary N) is 1. The zero-order chi connectivity index (χ0) is 18.8. The van der Waals surface area contributed by atoms with Crippen molar-refractivity contribution in [3.8, 4) is 0 Å². The highest BCUT2D eigenvalue weighted by molar-refractivity contribution is 7.10. The lowest BCUT2D eigenvalue weighted by Gasteiger charge is -2.36. The van der Waals surface area contributed by atoms with Crippen molar-refractivity contribution in [1.82, 2.24) is 4.90 Å². The van der Waals surface area contributed by atoms with Crippen LogP contribution in [0.3, 0.4) is 0 Å². The van der Waals surface area contributed by atoms with Gasteiger partial charge in [-0.3, -0.25) is 4.79 Å². The second-order valence-corrected chi connectivity index (χ2v) is 7.43. The lowest BCUT2D eigenvalue weighted by molar-refractivity contribution is 0.0696. The molecule has 136 valence electrons. The Morgan fingerprint density at radius 1 is 1.04 bits per heavy atom.